The van der Waals surface area contributed by atoms with E-state index in [1.165, 1.54) is 4.90 Å². The van der Waals surface area contributed by atoms with E-state index in [1.54, 1.807) is 11.8 Å². The standard InChI is InChI=1S/C9H9BClNO3S/c1-4-7(13)12-6(9(14)15-10)5(2-11)3-16-8(4)12/h4,8H,2-3H2,1H3/t4-,8-/m1/s1. The van der Waals surface area contributed by atoms with Crippen LogP contribution in [-0.2, 0) is 14.2 Å². The topological polar surface area (TPSA) is 46.6 Å². The van der Waals surface area contributed by atoms with Crippen LogP contribution in [0.5, 0.6) is 0 Å². The van der Waals surface area contributed by atoms with Crippen molar-refractivity contribution in [3.8, 4) is 0 Å². The largest absolute Gasteiger partial charge is 0.539 e. The number of rotatable bonds is 2. The fraction of sp³-hybridized carbons (Fsp3) is 0.556. The zero-order valence-corrected chi connectivity index (χ0v) is 10.2. The molecule has 2 radical (unpaired) electrons. The van der Waals surface area contributed by atoms with E-state index in [1.807, 2.05) is 6.92 Å². The van der Waals surface area contributed by atoms with Crippen molar-refractivity contribution in [2.75, 3.05) is 11.6 Å². The number of carbonyl (C=O) groups excluding carboxylic acids is 2. The first-order valence-corrected chi connectivity index (χ1v) is 6.33. The van der Waals surface area contributed by atoms with Gasteiger partial charge in [-0.05, 0) is 5.57 Å². The Morgan fingerprint density at radius 1 is 1.75 bits per heavy atom. The van der Waals surface area contributed by atoms with E-state index < -0.39 is 5.97 Å². The summed E-state index contributed by atoms with van der Waals surface area (Å²) in [6.45, 7) is 1.84. The molecule has 2 heterocycles. The van der Waals surface area contributed by atoms with Crippen molar-refractivity contribution in [1.29, 1.82) is 0 Å². The molecule has 0 aromatic rings. The molecular weight excluding hydrogens is 248 g/mol. The average Bonchev–Trinajstić information content (AvgIpc) is 2.34. The Balaban J connectivity index is 2.36. The van der Waals surface area contributed by atoms with Crippen molar-refractivity contribution in [2.45, 2.75) is 12.3 Å². The molecule has 7 heteroatoms. The first-order chi connectivity index (χ1) is 7.61. The molecule has 0 saturated carbocycles. The van der Waals surface area contributed by atoms with Crippen molar-refractivity contribution in [2.24, 2.45) is 5.92 Å². The van der Waals surface area contributed by atoms with Crippen LogP contribution in [0.15, 0.2) is 11.3 Å². The maximum atomic E-state index is 11.7. The molecule has 16 heavy (non-hydrogen) atoms. The number of fused-ring (bicyclic) bond motifs is 1. The summed E-state index contributed by atoms with van der Waals surface area (Å²) in [7, 11) is 4.86. The van der Waals surface area contributed by atoms with Gasteiger partial charge in [0.05, 0.1) is 11.3 Å². The molecule has 1 saturated heterocycles. The number of β-lactam (4-membered cyclic amide) rings is 1. The predicted molar refractivity (Wildman–Crippen MR) is 61.8 cm³/mol. The van der Waals surface area contributed by atoms with Gasteiger partial charge in [-0.25, -0.2) is 4.79 Å². The van der Waals surface area contributed by atoms with Gasteiger partial charge >= 0.3 is 14.0 Å². The van der Waals surface area contributed by atoms with Crippen LogP contribution >= 0.6 is 23.4 Å². The van der Waals surface area contributed by atoms with Crippen LogP contribution in [-0.4, -0.2) is 41.8 Å². The highest BCUT2D eigenvalue weighted by Gasteiger charge is 2.50. The molecule has 0 aromatic heterocycles. The molecule has 0 bridgehead atoms. The number of hydrogen-bond acceptors (Lipinski definition) is 4. The van der Waals surface area contributed by atoms with E-state index in [0.29, 0.717) is 11.3 Å². The highest BCUT2D eigenvalue weighted by atomic mass is 35.5. The predicted octanol–water partition coefficient (Wildman–Crippen LogP) is 0.657. The second kappa shape index (κ2) is 4.33. The third kappa shape index (κ3) is 1.55. The normalized spacial score (nSPS) is 28.6. The fourth-order valence-electron chi connectivity index (χ4n) is 1.89. The number of halogens is 1. The van der Waals surface area contributed by atoms with E-state index in [4.69, 9.17) is 19.7 Å². The lowest BCUT2D eigenvalue weighted by molar-refractivity contribution is -0.150. The van der Waals surface area contributed by atoms with Gasteiger partial charge in [-0.3, -0.25) is 9.69 Å². The summed E-state index contributed by atoms with van der Waals surface area (Å²) in [6, 6.07) is 0. The van der Waals surface area contributed by atoms with Crippen molar-refractivity contribution >= 4 is 43.3 Å². The van der Waals surface area contributed by atoms with Crippen molar-refractivity contribution in [3.63, 3.8) is 0 Å². The van der Waals surface area contributed by atoms with Gasteiger partial charge in [0.15, 0.2) is 0 Å². The molecule has 0 aromatic carbocycles. The number of alkyl halides is 1. The molecular formula is C9H9BClNO3S. The van der Waals surface area contributed by atoms with Gasteiger partial charge < -0.3 is 4.65 Å². The Bertz CT molecular complexity index is 387. The lowest BCUT2D eigenvalue weighted by Gasteiger charge is -2.48. The van der Waals surface area contributed by atoms with E-state index >= 15 is 0 Å². The maximum absolute atomic E-state index is 11.7. The summed E-state index contributed by atoms with van der Waals surface area (Å²) in [5, 5.41) is 0.00793. The Labute approximate surface area is 104 Å². The minimum absolute atomic E-state index is 0.00793. The van der Waals surface area contributed by atoms with Gasteiger partial charge in [0.2, 0.25) is 5.91 Å². The molecule has 0 aliphatic carbocycles. The molecule has 2 atom stereocenters. The zero-order valence-electron chi connectivity index (χ0n) is 8.60. The minimum atomic E-state index is -0.693. The fourth-order valence-corrected chi connectivity index (χ4v) is 3.60. The molecule has 2 rings (SSSR count). The number of thioether (sulfide) groups is 1. The molecule has 1 amide bonds. The summed E-state index contributed by atoms with van der Waals surface area (Å²) in [5.41, 5.74) is 0.919. The third-order valence-electron chi connectivity index (χ3n) is 2.77. The van der Waals surface area contributed by atoms with Crippen LogP contribution in [0.4, 0.5) is 0 Å². The lowest BCUT2D eigenvalue weighted by atomic mass is 9.98. The molecule has 0 unspecified atom stereocenters. The summed E-state index contributed by atoms with van der Waals surface area (Å²) in [4.78, 5) is 24.6. The number of hydrogen-bond donors (Lipinski definition) is 0. The quantitative estimate of drug-likeness (QED) is 0.414. The molecule has 2 aliphatic heterocycles. The first-order valence-electron chi connectivity index (χ1n) is 4.75. The van der Waals surface area contributed by atoms with Gasteiger partial charge in [-0.15, -0.1) is 23.4 Å². The average molecular weight is 258 g/mol. The highest BCUT2D eigenvalue weighted by Crippen LogP contribution is 2.43. The Kier molecular flexibility index (Phi) is 3.21. The second-order valence-corrected chi connectivity index (χ2v) is 5.06. The highest BCUT2D eigenvalue weighted by molar-refractivity contribution is 8.00. The van der Waals surface area contributed by atoms with Gasteiger partial charge in [-0.1, -0.05) is 6.92 Å². The second-order valence-electron chi connectivity index (χ2n) is 3.69. The van der Waals surface area contributed by atoms with Crippen LogP contribution in [0.1, 0.15) is 6.92 Å². The summed E-state index contributed by atoms with van der Waals surface area (Å²) in [6.07, 6.45) is 0. The van der Waals surface area contributed by atoms with Gasteiger partial charge in [0.25, 0.3) is 0 Å². The molecule has 2 aliphatic rings. The number of nitrogens with zero attached hydrogens (tertiary/aromatic N) is 1. The lowest BCUT2D eigenvalue weighted by Crippen LogP contribution is -2.60. The third-order valence-corrected chi connectivity index (χ3v) is 4.57. The van der Waals surface area contributed by atoms with Gasteiger partial charge in [0, 0.05) is 11.6 Å². The van der Waals surface area contributed by atoms with E-state index in [9.17, 15) is 9.59 Å². The zero-order chi connectivity index (χ0) is 11.9. The number of carbonyl (C=O) groups is 2. The van der Waals surface area contributed by atoms with Crippen molar-refractivity contribution in [3.05, 3.63) is 11.3 Å². The van der Waals surface area contributed by atoms with Gasteiger partial charge in [-0.2, -0.15) is 0 Å². The smallest absolute Gasteiger partial charge is 0.378 e. The molecule has 0 spiro atoms. The molecule has 1 fully saturated rings. The van der Waals surface area contributed by atoms with Crippen LogP contribution in [0.3, 0.4) is 0 Å². The summed E-state index contributed by atoms with van der Waals surface area (Å²) in [5.74, 6) is -0.0152. The molecule has 84 valence electrons. The van der Waals surface area contributed by atoms with E-state index in [-0.39, 0.29) is 28.8 Å². The monoisotopic (exact) mass is 257 g/mol. The molecule has 4 nitrogen and oxygen atoms in total. The van der Waals surface area contributed by atoms with Crippen LogP contribution < -0.4 is 0 Å². The van der Waals surface area contributed by atoms with Crippen molar-refractivity contribution in [1.82, 2.24) is 4.90 Å². The Morgan fingerprint density at radius 2 is 2.44 bits per heavy atom. The van der Waals surface area contributed by atoms with Crippen molar-refractivity contribution < 1.29 is 14.2 Å². The maximum Gasteiger partial charge on any atom is 0.378 e. The summed E-state index contributed by atoms with van der Waals surface area (Å²) < 4.78 is 4.20. The number of amides is 1. The Hall–Kier alpha value is -0.615. The van der Waals surface area contributed by atoms with E-state index in [0.717, 1.165) is 0 Å². The Morgan fingerprint density at radius 3 is 3.00 bits per heavy atom. The van der Waals surface area contributed by atoms with Crippen LogP contribution in [0, 0.1) is 5.92 Å². The van der Waals surface area contributed by atoms with Crippen LogP contribution in [0.25, 0.3) is 0 Å². The minimum Gasteiger partial charge on any atom is -0.539 e. The van der Waals surface area contributed by atoms with Crippen LogP contribution in [0.2, 0.25) is 0 Å². The van der Waals surface area contributed by atoms with Gasteiger partial charge in [0.1, 0.15) is 5.70 Å². The van der Waals surface area contributed by atoms with E-state index in [2.05, 4.69) is 4.65 Å². The SMILES string of the molecule is [B]OC(=O)C1=C(CCl)CS[C@@H]2[C@H](C)C(=O)N12. The molecule has 0 N–H and O–H groups in total. The first kappa shape index (κ1) is 11.9. The summed E-state index contributed by atoms with van der Waals surface area (Å²) >= 11 is 7.34.